The van der Waals surface area contributed by atoms with Gasteiger partial charge in [0.05, 0.1) is 11.2 Å². The number of pyridine rings is 1. The number of aldehydes is 1. The quantitative estimate of drug-likeness (QED) is 0.420. The van der Waals surface area contributed by atoms with Crippen molar-refractivity contribution in [2.75, 3.05) is 11.9 Å². The summed E-state index contributed by atoms with van der Waals surface area (Å²) in [6.45, 7) is 7.21. The number of rotatable bonds is 6. The molecule has 0 aliphatic carbocycles. The van der Waals surface area contributed by atoms with Gasteiger partial charge in [-0.1, -0.05) is 45.7 Å². The van der Waals surface area contributed by atoms with Crippen molar-refractivity contribution in [2.24, 2.45) is 0 Å². The van der Waals surface area contributed by atoms with E-state index in [9.17, 15) is 14.7 Å². The fraction of sp³-hybridized carbons (Fsp3) is 0.368. The molecule has 0 spiro atoms. The van der Waals surface area contributed by atoms with Crippen LogP contribution in [0.1, 0.15) is 45.6 Å². The Labute approximate surface area is 142 Å². The second kappa shape index (κ2) is 10.3. The van der Waals surface area contributed by atoms with E-state index in [1.807, 2.05) is 18.2 Å². The number of para-hydroxylation sites is 1. The third-order valence-electron chi connectivity index (χ3n) is 3.40. The molecule has 2 rings (SSSR count). The summed E-state index contributed by atoms with van der Waals surface area (Å²) in [6, 6.07) is 6.91. The summed E-state index contributed by atoms with van der Waals surface area (Å²) in [6.07, 6.45) is 5.23. The fourth-order valence-corrected chi connectivity index (χ4v) is 2.03. The molecule has 1 heterocycles. The number of benzene rings is 1. The van der Waals surface area contributed by atoms with Crippen molar-refractivity contribution in [3.05, 3.63) is 45.9 Å². The second-order valence-corrected chi connectivity index (χ2v) is 5.43. The maximum Gasteiger partial charge on any atom is 0.249 e. The Balaban J connectivity index is 0.000000648. The molecule has 2 aromatic rings. The van der Waals surface area contributed by atoms with Crippen molar-refractivity contribution < 1.29 is 9.90 Å². The molecular formula is C19H26N2O3. The van der Waals surface area contributed by atoms with Crippen LogP contribution >= 0.6 is 0 Å². The van der Waals surface area contributed by atoms with Crippen LogP contribution in [0.25, 0.3) is 17.0 Å². The first-order valence-corrected chi connectivity index (χ1v) is 8.33. The number of hydrogen-bond acceptors (Lipinski definition) is 4. The number of hydrogen-bond donors (Lipinski definition) is 3. The highest BCUT2D eigenvalue weighted by Gasteiger charge is 2.06. The zero-order chi connectivity index (χ0) is 17.9. The van der Waals surface area contributed by atoms with Gasteiger partial charge in [0, 0.05) is 18.0 Å². The van der Waals surface area contributed by atoms with E-state index in [2.05, 4.69) is 31.1 Å². The first-order chi connectivity index (χ1) is 11.6. The molecule has 0 fully saturated rings. The van der Waals surface area contributed by atoms with Crippen molar-refractivity contribution in [1.29, 1.82) is 0 Å². The number of aliphatic hydroxyl groups excluding tert-OH is 1. The SMILES string of the molecule is CCCC.CCCNc1cccc2c(/C=C(\O)C=O)cc(=O)[nH]c12. The van der Waals surface area contributed by atoms with E-state index < -0.39 is 5.76 Å². The molecule has 1 aromatic heterocycles. The summed E-state index contributed by atoms with van der Waals surface area (Å²) in [5.41, 5.74) is 1.71. The highest BCUT2D eigenvalue weighted by Crippen LogP contribution is 2.24. The third kappa shape index (κ3) is 5.57. The molecule has 0 unspecified atom stereocenters. The number of unbranched alkanes of at least 4 members (excludes halogenated alkanes) is 1. The number of aromatic amines is 1. The molecular weight excluding hydrogens is 304 g/mol. The Bertz CT molecular complexity index is 746. The van der Waals surface area contributed by atoms with Gasteiger partial charge in [0.1, 0.15) is 0 Å². The van der Waals surface area contributed by atoms with Crippen molar-refractivity contribution in [2.45, 2.75) is 40.0 Å². The Morgan fingerprint density at radius 1 is 1.21 bits per heavy atom. The summed E-state index contributed by atoms with van der Waals surface area (Å²) >= 11 is 0. The monoisotopic (exact) mass is 330 g/mol. The molecule has 0 atom stereocenters. The van der Waals surface area contributed by atoms with Crippen molar-refractivity contribution >= 4 is 29.0 Å². The number of fused-ring (bicyclic) bond motifs is 1. The van der Waals surface area contributed by atoms with Crippen molar-refractivity contribution in [3.63, 3.8) is 0 Å². The fourth-order valence-electron chi connectivity index (χ4n) is 2.03. The van der Waals surface area contributed by atoms with Gasteiger partial charge in [-0.05, 0) is 24.1 Å². The van der Waals surface area contributed by atoms with Crippen LogP contribution < -0.4 is 10.9 Å². The van der Waals surface area contributed by atoms with E-state index in [1.54, 1.807) is 0 Å². The van der Waals surface area contributed by atoms with Crippen LogP contribution in [0.4, 0.5) is 5.69 Å². The summed E-state index contributed by atoms with van der Waals surface area (Å²) in [4.78, 5) is 25.0. The Kier molecular flexibility index (Phi) is 8.33. The van der Waals surface area contributed by atoms with Gasteiger partial charge in [-0.3, -0.25) is 9.59 Å². The summed E-state index contributed by atoms with van der Waals surface area (Å²) in [7, 11) is 0. The first-order valence-electron chi connectivity index (χ1n) is 8.33. The molecule has 0 saturated carbocycles. The van der Waals surface area contributed by atoms with Gasteiger partial charge >= 0.3 is 0 Å². The molecule has 0 aliphatic heterocycles. The molecule has 1 aromatic carbocycles. The molecule has 0 saturated heterocycles. The molecule has 0 bridgehead atoms. The number of allylic oxidation sites excluding steroid dienone is 1. The van der Waals surface area contributed by atoms with E-state index in [-0.39, 0.29) is 5.56 Å². The van der Waals surface area contributed by atoms with Crippen LogP contribution in [0.15, 0.2) is 34.8 Å². The van der Waals surface area contributed by atoms with Crippen LogP contribution in [0.3, 0.4) is 0 Å². The minimum atomic E-state index is -0.413. The first kappa shape index (κ1) is 19.5. The van der Waals surface area contributed by atoms with Gasteiger partial charge in [0.25, 0.3) is 0 Å². The van der Waals surface area contributed by atoms with E-state index in [4.69, 9.17) is 0 Å². The number of H-pyrrole nitrogens is 1. The number of anilines is 1. The molecule has 3 N–H and O–H groups in total. The molecule has 24 heavy (non-hydrogen) atoms. The smallest absolute Gasteiger partial charge is 0.249 e. The normalized spacial score (nSPS) is 10.9. The average Bonchev–Trinajstić information content (AvgIpc) is 2.60. The minimum Gasteiger partial charge on any atom is -0.505 e. The lowest BCUT2D eigenvalue weighted by Crippen LogP contribution is -2.08. The lowest BCUT2D eigenvalue weighted by Gasteiger charge is -2.10. The van der Waals surface area contributed by atoms with Gasteiger partial charge in [0.2, 0.25) is 5.56 Å². The summed E-state index contributed by atoms with van der Waals surface area (Å²) < 4.78 is 0. The molecule has 0 radical (unpaired) electrons. The van der Waals surface area contributed by atoms with Crippen LogP contribution in [0, 0.1) is 0 Å². The van der Waals surface area contributed by atoms with Crippen LogP contribution in [-0.2, 0) is 4.79 Å². The number of carbonyl (C=O) groups is 1. The van der Waals surface area contributed by atoms with Crippen molar-refractivity contribution in [1.82, 2.24) is 4.98 Å². The number of nitrogens with one attached hydrogen (secondary N) is 2. The predicted octanol–water partition coefficient (Wildman–Crippen LogP) is 4.25. The van der Waals surface area contributed by atoms with Crippen LogP contribution in [-0.4, -0.2) is 22.9 Å². The predicted molar refractivity (Wildman–Crippen MR) is 101 cm³/mol. The van der Waals surface area contributed by atoms with Gasteiger partial charge in [-0.15, -0.1) is 0 Å². The van der Waals surface area contributed by atoms with Gasteiger partial charge in [-0.25, -0.2) is 0 Å². The maximum atomic E-state index is 11.7. The number of aliphatic hydroxyl groups is 1. The average molecular weight is 330 g/mol. The minimum absolute atomic E-state index is 0.284. The van der Waals surface area contributed by atoms with Crippen LogP contribution in [0.5, 0.6) is 0 Å². The Hall–Kier alpha value is -2.56. The lowest BCUT2D eigenvalue weighted by molar-refractivity contribution is -0.106. The number of aromatic nitrogens is 1. The second-order valence-electron chi connectivity index (χ2n) is 5.43. The topological polar surface area (TPSA) is 82.2 Å². The highest BCUT2D eigenvalue weighted by atomic mass is 16.3. The molecule has 0 amide bonds. The summed E-state index contributed by atoms with van der Waals surface area (Å²) in [5.74, 6) is -0.413. The molecule has 130 valence electrons. The molecule has 5 heteroatoms. The van der Waals surface area contributed by atoms with E-state index in [0.29, 0.717) is 17.4 Å². The van der Waals surface area contributed by atoms with Crippen molar-refractivity contribution in [3.8, 4) is 0 Å². The zero-order valence-corrected chi connectivity index (χ0v) is 14.6. The Morgan fingerprint density at radius 3 is 2.50 bits per heavy atom. The summed E-state index contributed by atoms with van der Waals surface area (Å²) in [5, 5.41) is 13.3. The zero-order valence-electron chi connectivity index (χ0n) is 14.6. The van der Waals surface area contributed by atoms with E-state index in [1.165, 1.54) is 25.0 Å². The Morgan fingerprint density at radius 2 is 1.92 bits per heavy atom. The van der Waals surface area contributed by atoms with Gasteiger partial charge < -0.3 is 15.4 Å². The van der Waals surface area contributed by atoms with Crippen LogP contribution in [0.2, 0.25) is 0 Å². The van der Waals surface area contributed by atoms with E-state index in [0.717, 1.165) is 24.0 Å². The highest BCUT2D eigenvalue weighted by molar-refractivity contribution is 5.97. The van der Waals surface area contributed by atoms with E-state index >= 15 is 0 Å². The number of carbonyl (C=O) groups excluding carboxylic acids is 1. The maximum absolute atomic E-state index is 11.7. The largest absolute Gasteiger partial charge is 0.505 e. The standard InChI is InChI=1S/C15H16N2O3.C4H10/c1-2-6-16-13-5-3-4-12-10(7-11(19)9-18)8-14(20)17-15(12)13;1-3-4-2/h3-5,7-9,16,19H,2,6H2,1H3,(H,17,20);3-4H2,1-2H3/b11-7-;. The molecule has 5 nitrogen and oxygen atoms in total. The third-order valence-corrected chi connectivity index (χ3v) is 3.40. The van der Waals surface area contributed by atoms with Gasteiger partial charge in [-0.2, -0.15) is 0 Å². The lowest BCUT2D eigenvalue weighted by atomic mass is 10.1. The van der Waals surface area contributed by atoms with Gasteiger partial charge in [0.15, 0.2) is 12.0 Å². The molecule has 0 aliphatic rings.